The number of amides is 1. The zero-order valence-corrected chi connectivity index (χ0v) is 17.4. The van der Waals surface area contributed by atoms with Crippen molar-refractivity contribution in [2.24, 2.45) is 0 Å². The van der Waals surface area contributed by atoms with Crippen LogP contribution in [0.1, 0.15) is 17.3 Å². The molecule has 1 aliphatic heterocycles. The van der Waals surface area contributed by atoms with E-state index in [9.17, 15) is 9.18 Å². The number of carbonyl (C=O) groups excluding carboxylic acids is 1. The average molecular weight is 430 g/mol. The van der Waals surface area contributed by atoms with Crippen molar-refractivity contribution in [3.8, 4) is 0 Å². The molecule has 2 unspecified atom stereocenters. The first-order valence-corrected chi connectivity index (χ1v) is 10.4. The number of benzene rings is 1. The number of ether oxygens (including phenoxy) is 1. The molecule has 2 aromatic rings. The van der Waals surface area contributed by atoms with E-state index in [4.69, 9.17) is 16.3 Å². The van der Waals surface area contributed by atoms with Crippen LogP contribution in [0.4, 0.5) is 10.1 Å². The van der Waals surface area contributed by atoms with E-state index in [1.165, 1.54) is 35.2 Å². The second-order valence-corrected chi connectivity index (χ2v) is 8.76. The highest BCUT2D eigenvalue weighted by Crippen LogP contribution is 2.41. The molecule has 1 aliphatic rings. The molecular formula is C18H21ClFN3O2S2. The zero-order chi connectivity index (χ0) is 19.4. The summed E-state index contributed by atoms with van der Waals surface area (Å²) in [7, 11) is 3.58. The van der Waals surface area contributed by atoms with E-state index in [1.807, 2.05) is 22.8 Å². The summed E-state index contributed by atoms with van der Waals surface area (Å²) in [5.41, 5.74) is 0.485. The Hall–Kier alpha value is -1.16. The summed E-state index contributed by atoms with van der Waals surface area (Å²) in [6.07, 6.45) is 0.647. The number of nitrogens with one attached hydrogen (secondary N) is 1. The van der Waals surface area contributed by atoms with E-state index in [1.54, 1.807) is 18.4 Å². The highest BCUT2D eigenvalue weighted by atomic mass is 35.5. The second kappa shape index (κ2) is 9.36. The van der Waals surface area contributed by atoms with E-state index in [0.717, 1.165) is 6.54 Å². The average Bonchev–Trinajstić information content (AvgIpc) is 3.17. The molecule has 0 aliphatic carbocycles. The van der Waals surface area contributed by atoms with Crippen LogP contribution in [0.5, 0.6) is 0 Å². The smallest absolute Gasteiger partial charge is 0.242 e. The zero-order valence-electron chi connectivity index (χ0n) is 15.0. The third kappa shape index (κ3) is 5.01. The molecule has 2 atom stereocenters. The Bertz CT molecular complexity index is 778. The van der Waals surface area contributed by atoms with Gasteiger partial charge in [0.15, 0.2) is 0 Å². The highest BCUT2D eigenvalue weighted by molar-refractivity contribution is 7.94. The van der Waals surface area contributed by atoms with Gasteiger partial charge in [-0.1, -0.05) is 17.7 Å². The number of methoxy groups -OCH3 is 1. The van der Waals surface area contributed by atoms with Crippen LogP contribution in [0.3, 0.4) is 0 Å². The summed E-state index contributed by atoms with van der Waals surface area (Å²) < 4.78 is 22.8. The van der Waals surface area contributed by atoms with Gasteiger partial charge in [0.25, 0.3) is 0 Å². The molecule has 2 heterocycles. The van der Waals surface area contributed by atoms with E-state index in [2.05, 4.69) is 15.7 Å². The van der Waals surface area contributed by atoms with Crippen molar-refractivity contribution in [3.63, 3.8) is 0 Å². The van der Waals surface area contributed by atoms with Gasteiger partial charge in [-0.3, -0.25) is 4.79 Å². The topological polar surface area (TPSA) is 44.8 Å². The van der Waals surface area contributed by atoms with E-state index in [-0.39, 0.29) is 23.0 Å². The van der Waals surface area contributed by atoms with Gasteiger partial charge in [-0.05, 0) is 43.1 Å². The fourth-order valence-corrected chi connectivity index (χ4v) is 5.14. The predicted molar refractivity (Wildman–Crippen MR) is 109 cm³/mol. The number of anilines is 1. The molecule has 0 spiro atoms. The van der Waals surface area contributed by atoms with Gasteiger partial charge in [-0.15, -0.1) is 11.3 Å². The number of halogens is 2. The number of hydrogen-bond donors (Lipinski definition) is 1. The van der Waals surface area contributed by atoms with Gasteiger partial charge in [0.05, 0.1) is 17.7 Å². The van der Waals surface area contributed by atoms with Crippen molar-refractivity contribution < 1.29 is 13.9 Å². The summed E-state index contributed by atoms with van der Waals surface area (Å²) in [5.74, 6) is -0.646. The predicted octanol–water partition coefficient (Wildman–Crippen LogP) is 4.44. The normalized spacial score (nSPS) is 21.3. The summed E-state index contributed by atoms with van der Waals surface area (Å²) in [5, 5.41) is 4.88. The van der Waals surface area contributed by atoms with E-state index >= 15 is 0 Å². The molecule has 0 bridgehead atoms. The molecule has 0 saturated carbocycles. The minimum atomic E-state index is -0.508. The summed E-state index contributed by atoms with van der Waals surface area (Å²) >= 11 is 9.03. The third-order valence-electron chi connectivity index (χ3n) is 4.34. The third-order valence-corrected chi connectivity index (χ3v) is 6.77. The molecule has 3 rings (SSSR count). The van der Waals surface area contributed by atoms with Crippen LogP contribution in [-0.4, -0.2) is 47.9 Å². The standard InChI is InChI=1S/C18H21ClFN3O2S2/c1-22-16(18(24)21-12-5-6-14(20)13(19)10-12)11-15(17-4-3-9-26-17)23(27-22)7-8-25-2/h3-6,9-10,15-16H,7-8,11H2,1-2H3,(H,21,24). The van der Waals surface area contributed by atoms with Crippen LogP contribution in [-0.2, 0) is 9.53 Å². The minimum Gasteiger partial charge on any atom is -0.383 e. The van der Waals surface area contributed by atoms with Gasteiger partial charge >= 0.3 is 0 Å². The Balaban J connectivity index is 1.74. The van der Waals surface area contributed by atoms with E-state index < -0.39 is 5.82 Å². The Morgan fingerprint density at radius 3 is 2.93 bits per heavy atom. The lowest BCUT2D eigenvalue weighted by molar-refractivity contribution is -0.120. The largest absolute Gasteiger partial charge is 0.383 e. The molecule has 27 heavy (non-hydrogen) atoms. The molecule has 9 heteroatoms. The van der Waals surface area contributed by atoms with Crippen LogP contribution in [0.2, 0.25) is 5.02 Å². The fraction of sp³-hybridized carbons (Fsp3) is 0.389. The first kappa shape index (κ1) is 20.6. The maximum atomic E-state index is 13.3. The molecule has 1 saturated heterocycles. The quantitative estimate of drug-likeness (QED) is 0.688. The van der Waals surface area contributed by atoms with Gasteiger partial charge in [-0.25, -0.2) is 13.0 Å². The fourth-order valence-electron chi connectivity index (χ4n) is 2.95. The van der Waals surface area contributed by atoms with Gasteiger partial charge in [-0.2, -0.15) is 0 Å². The van der Waals surface area contributed by atoms with Crippen molar-refractivity contribution in [3.05, 3.63) is 51.4 Å². The number of nitrogens with zero attached hydrogens (tertiary/aromatic N) is 2. The first-order valence-electron chi connectivity index (χ1n) is 8.45. The Labute approximate surface area is 171 Å². The molecule has 1 fully saturated rings. The van der Waals surface area contributed by atoms with Gasteiger partial charge in [0.2, 0.25) is 5.91 Å². The number of rotatable bonds is 6. The van der Waals surface area contributed by atoms with Gasteiger partial charge < -0.3 is 10.1 Å². The minimum absolute atomic E-state index is 0.0126. The van der Waals surface area contributed by atoms with Crippen LogP contribution in [0, 0.1) is 5.82 Å². The van der Waals surface area contributed by atoms with Crippen molar-refractivity contribution >= 4 is 46.7 Å². The molecule has 1 N–H and O–H groups in total. The summed E-state index contributed by atoms with van der Waals surface area (Å²) in [6, 6.07) is 8.09. The van der Waals surface area contributed by atoms with Crippen LogP contribution >= 0.6 is 35.1 Å². The molecule has 1 aromatic carbocycles. The molecular weight excluding hydrogens is 409 g/mol. The van der Waals surface area contributed by atoms with Crippen molar-refractivity contribution in [2.75, 3.05) is 32.6 Å². The number of likely N-dealkylation sites (N-methyl/N-ethyl adjacent to an activating group) is 1. The highest BCUT2D eigenvalue weighted by Gasteiger charge is 2.38. The van der Waals surface area contributed by atoms with Gasteiger partial charge in [0, 0.05) is 36.4 Å². The molecule has 1 aromatic heterocycles. The molecule has 146 valence electrons. The first-order chi connectivity index (χ1) is 13.0. The molecule has 0 radical (unpaired) electrons. The van der Waals surface area contributed by atoms with Crippen molar-refractivity contribution in [1.29, 1.82) is 0 Å². The lowest BCUT2D eigenvalue weighted by Gasteiger charge is -2.42. The Morgan fingerprint density at radius 2 is 2.26 bits per heavy atom. The summed E-state index contributed by atoms with van der Waals surface area (Å²) in [4.78, 5) is 14.1. The summed E-state index contributed by atoms with van der Waals surface area (Å²) in [6.45, 7) is 1.38. The molecule has 1 amide bonds. The van der Waals surface area contributed by atoms with Crippen LogP contribution in [0.15, 0.2) is 35.7 Å². The lowest BCUT2D eigenvalue weighted by atomic mass is 10.0. The molecule has 5 nitrogen and oxygen atoms in total. The van der Waals surface area contributed by atoms with Crippen LogP contribution < -0.4 is 5.32 Å². The number of thiophene rings is 1. The van der Waals surface area contributed by atoms with Crippen molar-refractivity contribution in [1.82, 2.24) is 8.61 Å². The lowest BCUT2D eigenvalue weighted by Crippen LogP contribution is -2.47. The maximum absolute atomic E-state index is 13.3. The number of carbonyl (C=O) groups is 1. The Kier molecular flexibility index (Phi) is 7.13. The monoisotopic (exact) mass is 429 g/mol. The number of hydrogen-bond acceptors (Lipinski definition) is 6. The SMILES string of the molecule is COCCN1SN(C)C(C(=O)Nc2ccc(F)c(Cl)c2)CC1c1cccs1. The van der Waals surface area contributed by atoms with Crippen LogP contribution in [0.25, 0.3) is 0 Å². The second-order valence-electron chi connectivity index (χ2n) is 6.16. The van der Waals surface area contributed by atoms with E-state index in [0.29, 0.717) is 18.7 Å². The van der Waals surface area contributed by atoms with Crippen molar-refractivity contribution in [2.45, 2.75) is 18.5 Å². The van der Waals surface area contributed by atoms with Gasteiger partial charge in [0.1, 0.15) is 11.9 Å². The maximum Gasteiger partial charge on any atom is 0.242 e. The Morgan fingerprint density at radius 1 is 1.44 bits per heavy atom.